The second kappa shape index (κ2) is 3.93. The maximum Gasteiger partial charge on any atom is 0.0935 e. The minimum Gasteiger partial charge on any atom is -0.387 e. The first-order chi connectivity index (χ1) is 6.72. The van der Waals surface area contributed by atoms with Crippen molar-refractivity contribution < 1.29 is 5.11 Å². The minimum absolute atomic E-state index is 0.503. The van der Waals surface area contributed by atoms with Gasteiger partial charge in [0.25, 0.3) is 0 Å². The van der Waals surface area contributed by atoms with E-state index >= 15 is 0 Å². The van der Waals surface area contributed by atoms with Crippen molar-refractivity contribution >= 4 is 11.8 Å². The lowest BCUT2D eigenvalue weighted by Crippen LogP contribution is -2.60. The molecular formula is C11H15NOS. The first-order valence-electron chi connectivity index (χ1n) is 4.78. The molecule has 1 aliphatic rings. The summed E-state index contributed by atoms with van der Waals surface area (Å²) in [4.78, 5) is 1.26. The standard InChI is InChI=1S/C11H15NOS/c1-14-10-4-2-3-9(5-10)6-11(13)7-12-8-11/h2-5,12-13H,6-8H2,1H3. The quantitative estimate of drug-likeness (QED) is 0.736. The number of hydrogen-bond donors (Lipinski definition) is 2. The van der Waals surface area contributed by atoms with Crippen molar-refractivity contribution in [3.05, 3.63) is 29.8 Å². The van der Waals surface area contributed by atoms with Crippen LogP contribution in [0.3, 0.4) is 0 Å². The average Bonchev–Trinajstić information content (AvgIpc) is 2.16. The SMILES string of the molecule is CSc1cccc(CC2(O)CNC2)c1. The molecule has 0 aromatic heterocycles. The highest BCUT2D eigenvalue weighted by Gasteiger charge is 2.34. The summed E-state index contributed by atoms with van der Waals surface area (Å²) in [6.07, 6.45) is 2.83. The Morgan fingerprint density at radius 1 is 1.50 bits per heavy atom. The number of thioether (sulfide) groups is 1. The van der Waals surface area contributed by atoms with Gasteiger partial charge in [0, 0.05) is 24.4 Å². The van der Waals surface area contributed by atoms with Crippen LogP contribution in [0.4, 0.5) is 0 Å². The summed E-state index contributed by atoms with van der Waals surface area (Å²) in [6.45, 7) is 1.44. The third-order valence-electron chi connectivity index (χ3n) is 2.58. The minimum atomic E-state index is -0.503. The second-order valence-electron chi connectivity index (χ2n) is 3.86. The molecule has 0 bridgehead atoms. The molecule has 1 saturated heterocycles. The van der Waals surface area contributed by atoms with Crippen molar-refractivity contribution in [2.24, 2.45) is 0 Å². The van der Waals surface area contributed by atoms with Gasteiger partial charge in [0.05, 0.1) is 5.60 Å². The van der Waals surface area contributed by atoms with E-state index in [1.165, 1.54) is 10.5 Å². The first kappa shape index (κ1) is 10.0. The lowest BCUT2D eigenvalue weighted by Gasteiger charge is -2.37. The highest BCUT2D eigenvalue weighted by atomic mass is 32.2. The van der Waals surface area contributed by atoms with E-state index in [0.717, 1.165) is 19.5 Å². The smallest absolute Gasteiger partial charge is 0.0935 e. The van der Waals surface area contributed by atoms with Crippen molar-refractivity contribution in [3.63, 3.8) is 0 Å². The Balaban J connectivity index is 2.08. The van der Waals surface area contributed by atoms with Gasteiger partial charge < -0.3 is 10.4 Å². The Bertz CT molecular complexity index is 323. The monoisotopic (exact) mass is 209 g/mol. The fourth-order valence-electron chi connectivity index (χ4n) is 1.70. The molecule has 0 atom stereocenters. The van der Waals surface area contributed by atoms with E-state index in [4.69, 9.17) is 0 Å². The predicted molar refractivity (Wildman–Crippen MR) is 59.7 cm³/mol. The molecule has 2 nitrogen and oxygen atoms in total. The van der Waals surface area contributed by atoms with Gasteiger partial charge in [-0.15, -0.1) is 11.8 Å². The van der Waals surface area contributed by atoms with Crippen molar-refractivity contribution in [3.8, 4) is 0 Å². The maximum atomic E-state index is 9.96. The van der Waals surface area contributed by atoms with Crippen LogP contribution >= 0.6 is 11.8 Å². The molecule has 0 spiro atoms. The molecule has 14 heavy (non-hydrogen) atoms. The molecule has 1 aromatic rings. The van der Waals surface area contributed by atoms with E-state index < -0.39 is 5.60 Å². The van der Waals surface area contributed by atoms with Gasteiger partial charge in [-0.1, -0.05) is 12.1 Å². The Morgan fingerprint density at radius 3 is 2.86 bits per heavy atom. The van der Waals surface area contributed by atoms with E-state index in [9.17, 15) is 5.11 Å². The van der Waals surface area contributed by atoms with Gasteiger partial charge in [-0.3, -0.25) is 0 Å². The van der Waals surface area contributed by atoms with Crippen LogP contribution in [0.25, 0.3) is 0 Å². The molecule has 0 unspecified atom stereocenters. The van der Waals surface area contributed by atoms with Gasteiger partial charge in [-0.25, -0.2) is 0 Å². The van der Waals surface area contributed by atoms with Gasteiger partial charge in [0.1, 0.15) is 0 Å². The van der Waals surface area contributed by atoms with Crippen molar-refractivity contribution in [2.45, 2.75) is 16.9 Å². The Kier molecular flexibility index (Phi) is 2.81. The predicted octanol–water partition coefficient (Wildman–Crippen LogP) is 1.29. The number of aliphatic hydroxyl groups is 1. The van der Waals surface area contributed by atoms with Crippen LogP contribution in [-0.4, -0.2) is 30.1 Å². The number of nitrogens with one attached hydrogen (secondary N) is 1. The molecule has 0 amide bonds. The molecule has 2 N–H and O–H groups in total. The number of β-amino-alcohol motifs (C(OH)–C–C–N with tert-alkyl or cyclic N) is 1. The third-order valence-corrected chi connectivity index (χ3v) is 3.30. The lowest BCUT2D eigenvalue weighted by molar-refractivity contribution is -0.00905. The zero-order chi connectivity index (χ0) is 10.0. The normalized spacial score (nSPS) is 19.0. The Morgan fingerprint density at radius 2 is 2.29 bits per heavy atom. The van der Waals surface area contributed by atoms with Gasteiger partial charge in [0.2, 0.25) is 0 Å². The molecule has 1 fully saturated rings. The molecule has 1 heterocycles. The highest BCUT2D eigenvalue weighted by molar-refractivity contribution is 7.98. The highest BCUT2D eigenvalue weighted by Crippen LogP contribution is 2.21. The molecule has 1 aromatic carbocycles. The number of benzene rings is 1. The second-order valence-corrected chi connectivity index (χ2v) is 4.74. The average molecular weight is 209 g/mol. The van der Waals surface area contributed by atoms with Crippen LogP contribution in [0, 0.1) is 0 Å². The molecule has 0 aliphatic carbocycles. The van der Waals surface area contributed by atoms with Crippen LogP contribution < -0.4 is 5.32 Å². The third kappa shape index (κ3) is 2.11. The Labute approximate surface area is 88.7 Å². The Hall–Kier alpha value is -0.510. The van der Waals surface area contributed by atoms with Crippen LogP contribution in [0.1, 0.15) is 5.56 Å². The molecule has 76 valence electrons. The van der Waals surface area contributed by atoms with Gasteiger partial charge in [0.15, 0.2) is 0 Å². The summed E-state index contributed by atoms with van der Waals surface area (Å²) in [7, 11) is 0. The topological polar surface area (TPSA) is 32.3 Å². The summed E-state index contributed by atoms with van der Waals surface area (Å²) in [6, 6.07) is 8.38. The largest absolute Gasteiger partial charge is 0.387 e. The molecule has 3 heteroatoms. The van der Waals surface area contributed by atoms with E-state index in [-0.39, 0.29) is 0 Å². The van der Waals surface area contributed by atoms with Crippen LogP contribution in [-0.2, 0) is 6.42 Å². The molecule has 1 aliphatic heterocycles. The molecule has 0 saturated carbocycles. The van der Waals surface area contributed by atoms with E-state index in [2.05, 4.69) is 35.8 Å². The molecular weight excluding hydrogens is 194 g/mol. The summed E-state index contributed by atoms with van der Waals surface area (Å²) < 4.78 is 0. The van der Waals surface area contributed by atoms with Crippen molar-refractivity contribution in [1.29, 1.82) is 0 Å². The van der Waals surface area contributed by atoms with Gasteiger partial charge >= 0.3 is 0 Å². The number of hydrogen-bond acceptors (Lipinski definition) is 3. The first-order valence-corrected chi connectivity index (χ1v) is 6.00. The summed E-state index contributed by atoms with van der Waals surface area (Å²) in [5, 5.41) is 13.1. The summed E-state index contributed by atoms with van der Waals surface area (Å²) >= 11 is 1.74. The zero-order valence-corrected chi connectivity index (χ0v) is 9.10. The fraction of sp³-hybridized carbons (Fsp3) is 0.455. The van der Waals surface area contributed by atoms with Crippen LogP contribution in [0.2, 0.25) is 0 Å². The van der Waals surface area contributed by atoms with E-state index in [0.29, 0.717) is 0 Å². The van der Waals surface area contributed by atoms with Crippen molar-refractivity contribution in [1.82, 2.24) is 5.32 Å². The van der Waals surface area contributed by atoms with Crippen LogP contribution in [0.5, 0.6) is 0 Å². The fourth-order valence-corrected chi connectivity index (χ4v) is 2.18. The van der Waals surface area contributed by atoms with Crippen LogP contribution in [0.15, 0.2) is 29.2 Å². The summed E-state index contributed by atoms with van der Waals surface area (Å²) in [5.74, 6) is 0. The van der Waals surface area contributed by atoms with Crippen molar-refractivity contribution in [2.75, 3.05) is 19.3 Å². The maximum absolute atomic E-state index is 9.96. The molecule has 0 radical (unpaired) electrons. The zero-order valence-electron chi connectivity index (χ0n) is 8.29. The number of rotatable bonds is 3. The summed E-state index contributed by atoms with van der Waals surface area (Å²) in [5.41, 5.74) is 0.720. The van der Waals surface area contributed by atoms with E-state index in [1.807, 2.05) is 0 Å². The van der Waals surface area contributed by atoms with Gasteiger partial charge in [-0.05, 0) is 24.0 Å². The molecule has 2 rings (SSSR count). The lowest BCUT2D eigenvalue weighted by atomic mass is 9.89. The van der Waals surface area contributed by atoms with Gasteiger partial charge in [-0.2, -0.15) is 0 Å². The van der Waals surface area contributed by atoms with E-state index in [1.54, 1.807) is 11.8 Å².